The number of benzene rings is 2. The molecule has 4 aromatic rings. The second kappa shape index (κ2) is 8.48. The van der Waals surface area contributed by atoms with E-state index in [0.29, 0.717) is 29.8 Å². The van der Waals surface area contributed by atoms with Crippen molar-refractivity contribution in [3.8, 4) is 0 Å². The number of hydrogen-bond donors (Lipinski definition) is 1. The van der Waals surface area contributed by atoms with Crippen molar-refractivity contribution in [2.24, 2.45) is 0 Å². The van der Waals surface area contributed by atoms with Crippen LogP contribution in [0.1, 0.15) is 63.8 Å². The molecule has 7 rings (SSSR count). The van der Waals surface area contributed by atoms with E-state index in [1.165, 1.54) is 17.2 Å². The van der Waals surface area contributed by atoms with E-state index >= 15 is 4.39 Å². The maximum atomic E-state index is 15.6. The first kappa shape index (κ1) is 22.1. The first-order valence-corrected chi connectivity index (χ1v) is 12.7. The number of pyridine rings is 1. The Morgan fingerprint density at radius 1 is 0.973 bits per heavy atom. The number of rotatable bonds is 4. The van der Waals surface area contributed by atoms with E-state index in [0.717, 1.165) is 42.7 Å². The molecule has 4 heterocycles. The molecular weight excluding hydrogens is 473 g/mol. The first-order valence-electron chi connectivity index (χ1n) is 12.7. The van der Waals surface area contributed by atoms with Gasteiger partial charge in [0.05, 0.1) is 16.5 Å². The predicted molar refractivity (Wildman–Crippen MR) is 136 cm³/mol. The van der Waals surface area contributed by atoms with Crippen molar-refractivity contribution in [3.63, 3.8) is 0 Å². The Morgan fingerprint density at radius 3 is 2.54 bits per heavy atom. The summed E-state index contributed by atoms with van der Waals surface area (Å²) >= 11 is 0. The molecule has 8 nitrogen and oxygen atoms in total. The number of carbonyl (C=O) groups is 2. The third-order valence-electron chi connectivity index (χ3n) is 7.45. The molecule has 1 N–H and O–H groups in total. The van der Waals surface area contributed by atoms with Gasteiger partial charge in [-0.15, -0.1) is 5.10 Å². The summed E-state index contributed by atoms with van der Waals surface area (Å²) < 4.78 is 23.1. The molecule has 186 valence electrons. The molecule has 1 unspecified atom stereocenters. The van der Waals surface area contributed by atoms with Crippen LogP contribution in [0.15, 0.2) is 48.5 Å². The highest BCUT2D eigenvalue weighted by molar-refractivity contribution is 6.35. The number of ether oxygens (including phenoxy) is 1. The van der Waals surface area contributed by atoms with Gasteiger partial charge in [0.1, 0.15) is 0 Å². The highest BCUT2D eigenvalue weighted by Crippen LogP contribution is 2.38. The summed E-state index contributed by atoms with van der Waals surface area (Å²) in [5.41, 5.74) is 4.23. The van der Waals surface area contributed by atoms with Crippen LogP contribution in [0.4, 0.5) is 21.7 Å². The fourth-order valence-corrected chi connectivity index (χ4v) is 5.64. The molecule has 0 spiro atoms. The summed E-state index contributed by atoms with van der Waals surface area (Å²) in [4.78, 5) is 32.1. The normalized spacial score (nSPS) is 18.9. The van der Waals surface area contributed by atoms with E-state index in [9.17, 15) is 9.59 Å². The molecule has 1 atom stereocenters. The van der Waals surface area contributed by atoms with Crippen molar-refractivity contribution < 1.29 is 18.7 Å². The smallest absolute Gasteiger partial charge is 0.267 e. The Morgan fingerprint density at radius 2 is 1.78 bits per heavy atom. The zero-order chi connectivity index (χ0) is 25.1. The lowest BCUT2D eigenvalue weighted by Gasteiger charge is -2.23. The van der Waals surface area contributed by atoms with Crippen molar-refractivity contribution in [1.29, 1.82) is 0 Å². The molecule has 0 bridgehead atoms. The number of halogens is 1. The van der Waals surface area contributed by atoms with Crippen LogP contribution in [-0.2, 0) is 17.6 Å². The van der Waals surface area contributed by atoms with Gasteiger partial charge < -0.3 is 10.1 Å². The van der Waals surface area contributed by atoms with Gasteiger partial charge in [-0.1, -0.05) is 24.3 Å². The van der Waals surface area contributed by atoms with Crippen LogP contribution in [0.3, 0.4) is 0 Å². The highest BCUT2D eigenvalue weighted by atomic mass is 19.1. The highest BCUT2D eigenvalue weighted by Gasteiger charge is 2.40. The number of nitrogens with one attached hydrogen (secondary N) is 1. The predicted octanol–water partition coefficient (Wildman–Crippen LogP) is 5.30. The fourth-order valence-electron chi connectivity index (χ4n) is 5.64. The number of aromatic nitrogens is 3. The van der Waals surface area contributed by atoms with Crippen LogP contribution in [0.25, 0.3) is 11.0 Å². The summed E-state index contributed by atoms with van der Waals surface area (Å²) in [7, 11) is 0. The average Bonchev–Trinajstić information content (AvgIpc) is 3.61. The van der Waals surface area contributed by atoms with Crippen LogP contribution >= 0.6 is 0 Å². The van der Waals surface area contributed by atoms with Gasteiger partial charge in [-0.2, -0.15) is 0 Å². The third-order valence-corrected chi connectivity index (χ3v) is 7.45. The van der Waals surface area contributed by atoms with Crippen LogP contribution in [0, 0.1) is 5.82 Å². The number of aryl methyl sites for hydroxylation is 1. The number of anilines is 3. The molecule has 0 saturated carbocycles. The molecule has 1 fully saturated rings. The van der Waals surface area contributed by atoms with Gasteiger partial charge in [0, 0.05) is 12.3 Å². The third kappa shape index (κ3) is 3.45. The van der Waals surface area contributed by atoms with Gasteiger partial charge in [-0.3, -0.25) is 9.59 Å². The molecule has 9 heteroatoms. The number of hydrogen-bond acceptors (Lipinski definition) is 6. The molecule has 37 heavy (non-hydrogen) atoms. The topological polar surface area (TPSA) is 89.4 Å². The van der Waals surface area contributed by atoms with E-state index in [1.54, 1.807) is 28.9 Å². The molecule has 2 amide bonds. The summed E-state index contributed by atoms with van der Waals surface area (Å²) in [5.74, 6) is -1.43. The number of amides is 2. The maximum absolute atomic E-state index is 15.6. The maximum Gasteiger partial charge on any atom is 0.267 e. The zero-order valence-corrected chi connectivity index (χ0v) is 20.0. The minimum absolute atomic E-state index is 0.0638. The zero-order valence-electron chi connectivity index (χ0n) is 20.0. The number of imide groups is 1. The van der Waals surface area contributed by atoms with E-state index in [1.807, 2.05) is 12.1 Å². The van der Waals surface area contributed by atoms with Gasteiger partial charge in [0.25, 0.3) is 11.8 Å². The Balaban J connectivity index is 1.37. The van der Waals surface area contributed by atoms with E-state index in [4.69, 9.17) is 4.74 Å². The molecule has 2 aromatic heterocycles. The fraction of sp³-hybridized carbons (Fsp3) is 0.286. The van der Waals surface area contributed by atoms with Crippen LogP contribution < -0.4 is 10.2 Å². The van der Waals surface area contributed by atoms with Gasteiger partial charge in [0.2, 0.25) is 0 Å². The van der Waals surface area contributed by atoms with Crippen molar-refractivity contribution in [2.45, 2.75) is 44.8 Å². The SMILES string of the molecule is O=C1c2ccccc2C(=O)N1c1nn(C2CCCCO2)c2nc(Nc3cccc4c3CCC4)c(F)cc12. The average molecular weight is 498 g/mol. The van der Waals surface area contributed by atoms with Gasteiger partial charge >= 0.3 is 0 Å². The Labute approximate surface area is 212 Å². The lowest BCUT2D eigenvalue weighted by atomic mass is 10.1. The van der Waals surface area contributed by atoms with Crippen LogP contribution in [0.5, 0.6) is 0 Å². The standard InChI is InChI=1S/C28H24FN5O3/c29-21-15-20-25(31-24(21)30-22-12-6-8-16-7-5-11-17(16)22)34(23-13-3-4-14-37-23)32-26(20)33-27(35)18-9-1-2-10-19(18)28(33)36/h1-2,6,8-10,12,15,23H,3-5,7,11,13-14H2,(H,30,31). The second-order valence-corrected chi connectivity index (χ2v) is 9.69. The molecule has 1 saturated heterocycles. The second-order valence-electron chi connectivity index (χ2n) is 9.69. The van der Waals surface area contributed by atoms with Crippen molar-refractivity contribution >= 4 is 40.2 Å². The Kier molecular flexibility index (Phi) is 5.07. The first-order chi connectivity index (χ1) is 18.1. The summed E-state index contributed by atoms with van der Waals surface area (Å²) in [5, 5.41) is 8.12. The van der Waals surface area contributed by atoms with Crippen molar-refractivity contribution in [3.05, 3.63) is 76.6 Å². The Bertz CT molecular complexity index is 1560. The molecule has 2 aromatic carbocycles. The van der Waals surface area contributed by atoms with Gasteiger partial charge in [-0.05, 0) is 73.9 Å². The minimum atomic E-state index is -0.593. The number of carbonyl (C=O) groups excluding carboxylic acids is 2. The van der Waals surface area contributed by atoms with Crippen LogP contribution in [-0.4, -0.2) is 33.2 Å². The summed E-state index contributed by atoms with van der Waals surface area (Å²) in [6.07, 6.45) is 5.17. The van der Waals surface area contributed by atoms with Crippen molar-refractivity contribution in [2.75, 3.05) is 16.8 Å². The van der Waals surface area contributed by atoms with Gasteiger partial charge in [-0.25, -0.2) is 19.0 Å². The van der Waals surface area contributed by atoms with Gasteiger partial charge in [0.15, 0.2) is 29.3 Å². The van der Waals surface area contributed by atoms with E-state index in [-0.39, 0.29) is 17.0 Å². The molecule has 2 aliphatic heterocycles. The number of nitrogens with zero attached hydrogens (tertiary/aromatic N) is 4. The Hall–Kier alpha value is -4.11. The lowest BCUT2D eigenvalue weighted by molar-refractivity contribution is -0.0368. The molecule has 1 aliphatic carbocycles. The largest absolute Gasteiger partial charge is 0.356 e. The minimum Gasteiger partial charge on any atom is -0.356 e. The quantitative estimate of drug-likeness (QED) is 0.385. The molecule has 3 aliphatic rings. The van der Waals surface area contributed by atoms with Crippen molar-refractivity contribution in [1.82, 2.24) is 14.8 Å². The monoisotopic (exact) mass is 497 g/mol. The molecular formula is C28H24FN5O3. The molecule has 0 radical (unpaired) electrons. The summed E-state index contributed by atoms with van der Waals surface area (Å²) in [6.45, 7) is 0.566. The summed E-state index contributed by atoms with van der Waals surface area (Å²) in [6, 6.07) is 13.9. The van der Waals surface area contributed by atoms with Crippen LogP contribution in [0.2, 0.25) is 0 Å². The lowest BCUT2D eigenvalue weighted by Crippen LogP contribution is -2.30. The number of fused-ring (bicyclic) bond motifs is 3. The van der Waals surface area contributed by atoms with E-state index < -0.39 is 23.9 Å². The van der Waals surface area contributed by atoms with E-state index in [2.05, 4.69) is 21.5 Å².